The lowest BCUT2D eigenvalue weighted by molar-refractivity contribution is -0.145. The van der Waals surface area contributed by atoms with E-state index in [0.717, 1.165) is 21.6 Å². The van der Waals surface area contributed by atoms with Gasteiger partial charge in [0.05, 0.1) is 23.1 Å². The highest BCUT2D eigenvalue weighted by Gasteiger charge is 2.13. The molecule has 4 aromatic rings. The number of benzene rings is 2. The Bertz CT molecular complexity index is 1220. The number of imidazole rings is 1. The van der Waals surface area contributed by atoms with Crippen LogP contribution in [0.25, 0.3) is 21.6 Å². The number of hydrogen-bond acceptors (Lipinski definition) is 5. The fourth-order valence-corrected chi connectivity index (χ4v) is 4.04. The molecule has 0 unspecified atom stereocenters. The molecule has 29 heavy (non-hydrogen) atoms. The SMILES string of the molecule is Cn1c(=O)n(CCC(=O)OCc2csc(-c3ccc(Cl)cc3)n2)c2ccccc21. The molecule has 0 radical (unpaired) electrons. The Kier molecular flexibility index (Phi) is 5.51. The van der Waals surface area contributed by atoms with Gasteiger partial charge in [-0.3, -0.25) is 13.9 Å². The van der Waals surface area contributed by atoms with Gasteiger partial charge in [-0.15, -0.1) is 11.3 Å². The van der Waals surface area contributed by atoms with E-state index in [-0.39, 0.29) is 31.2 Å². The summed E-state index contributed by atoms with van der Waals surface area (Å²) in [5.74, 6) is -0.370. The van der Waals surface area contributed by atoms with E-state index < -0.39 is 0 Å². The van der Waals surface area contributed by atoms with Gasteiger partial charge in [0.15, 0.2) is 0 Å². The number of nitrogens with zero attached hydrogens (tertiary/aromatic N) is 3. The van der Waals surface area contributed by atoms with Crippen LogP contribution in [0.1, 0.15) is 12.1 Å². The number of rotatable bonds is 6. The molecule has 0 spiro atoms. The normalized spacial score (nSPS) is 11.1. The molecular formula is C21H18ClN3O3S. The maximum atomic E-state index is 12.4. The van der Waals surface area contributed by atoms with Gasteiger partial charge in [-0.1, -0.05) is 35.9 Å². The molecule has 0 saturated heterocycles. The summed E-state index contributed by atoms with van der Waals surface area (Å²) in [4.78, 5) is 29.1. The number of ether oxygens (including phenoxy) is 1. The number of hydrogen-bond donors (Lipinski definition) is 0. The number of halogens is 1. The molecule has 0 fully saturated rings. The fourth-order valence-electron chi connectivity index (χ4n) is 3.11. The van der Waals surface area contributed by atoms with Gasteiger partial charge in [0.25, 0.3) is 0 Å². The summed E-state index contributed by atoms with van der Waals surface area (Å²) in [6.07, 6.45) is 0.113. The van der Waals surface area contributed by atoms with Crippen LogP contribution in [0.5, 0.6) is 0 Å². The average molecular weight is 428 g/mol. The molecule has 0 saturated carbocycles. The van der Waals surface area contributed by atoms with Gasteiger partial charge >= 0.3 is 11.7 Å². The van der Waals surface area contributed by atoms with Crippen LogP contribution in [0, 0.1) is 0 Å². The third kappa shape index (κ3) is 4.11. The van der Waals surface area contributed by atoms with Crippen LogP contribution in [0.15, 0.2) is 58.7 Å². The Morgan fingerprint density at radius 2 is 1.86 bits per heavy atom. The van der Waals surface area contributed by atoms with Crippen LogP contribution in [0.3, 0.4) is 0 Å². The van der Waals surface area contributed by atoms with E-state index in [0.29, 0.717) is 10.7 Å². The van der Waals surface area contributed by atoms with Crippen molar-refractivity contribution < 1.29 is 9.53 Å². The molecular weight excluding hydrogens is 410 g/mol. The lowest BCUT2D eigenvalue weighted by atomic mass is 10.2. The molecule has 0 N–H and O–H groups in total. The maximum Gasteiger partial charge on any atom is 0.328 e. The molecule has 148 valence electrons. The van der Waals surface area contributed by atoms with E-state index in [4.69, 9.17) is 16.3 Å². The number of aromatic nitrogens is 3. The summed E-state index contributed by atoms with van der Waals surface area (Å²) in [7, 11) is 1.72. The number of esters is 1. The molecule has 0 amide bonds. The highest BCUT2D eigenvalue weighted by molar-refractivity contribution is 7.13. The van der Waals surface area contributed by atoms with E-state index in [1.54, 1.807) is 16.2 Å². The van der Waals surface area contributed by atoms with E-state index in [1.807, 2.05) is 53.9 Å². The number of thiazole rings is 1. The minimum Gasteiger partial charge on any atom is -0.459 e. The molecule has 2 aromatic heterocycles. The topological polar surface area (TPSA) is 66.1 Å². The molecule has 8 heteroatoms. The monoisotopic (exact) mass is 427 g/mol. The average Bonchev–Trinajstić information content (AvgIpc) is 3.30. The van der Waals surface area contributed by atoms with E-state index in [9.17, 15) is 9.59 Å². The molecule has 0 aliphatic heterocycles. The van der Waals surface area contributed by atoms with Crippen molar-refractivity contribution in [2.45, 2.75) is 19.6 Å². The fraction of sp³-hybridized carbons (Fsp3) is 0.190. The summed E-state index contributed by atoms with van der Waals surface area (Å²) >= 11 is 7.39. The van der Waals surface area contributed by atoms with Crippen LogP contribution < -0.4 is 5.69 Å². The molecule has 0 aliphatic rings. The zero-order chi connectivity index (χ0) is 20.4. The zero-order valence-corrected chi connectivity index (χ0v) is 17.2. The molecule has 0 aliphatic carbocycles. The second-order valence-electron chi connectivity index (χ2n) is 6.54. The lowest BCUT2D eigenvalue weighted by Gasteiger charge is -2.04. The van der Waals surface area contributed by atoms with Crippen LogP contribution in [-0.2, 0) is 29.7 Å². The van der Waals surface area contributed by atoms with Crippen molar-refractivity contribution in [1.82, 2.24) is 14.1 Å². The molecule has 4 rings (SSSR count). The first-order valence-electron chi connectivity index (χ1n) is 9.03. The first-order valence-corrected chi connectivity index (χ1v) is 10.3. The summed E-state index contributed by atoms with van der Waals surface area (Å²) in [6.45, 7) is 0.374. The number of fused-ring (bicyclic) bond motifs is 1. The standard InChI is InChI=1S/C21H18ClN3O3S/c1-24-17-4-2-3-5-18(17)25(21(24)27)11-10-19(26)28-12-16-13-29-20(23-16)14-6-8-15(22)9-7-14/h2-9,13H,10-12H2,1H3. The van der Waals surface area contributed by atoms with E-state index >= 15 is 0 Å². The van der Waals surface area contributed by atoms with Gasteiger partial charge in [0, 0.05) is 29.6 Å². The molecule has 0 atom stereocenters. The summed E-state index contributed by atoms with van der Waals surface area (Å²) in [5, 5.41) is 3.38. The quantitative estimate of drug-likeness (QED) is 0.431. The predicted molar refractivity (Wildman–Crippen MR) is 114 cm³/mol. The van der Waals surface area contributed by atoms with Crippen LogP contribution >= 0.6 is 22.9 Å². The minimum absolute atomic E-state index is 0.105. The van der Waals surface area contributed by atoms with Gasteiger partial charge in [-0.05, 0) is 24.3 Å². The van der Waals surface area contributed by atoms with Crippen molar-refractivity contribution in [3.63, 3.8) is 0 Å². The van der Waals surface area contributed by atoms with Gasteiger partial charge in [0.1, 0.15) is 11.6 Å². The Morgan fingerprint density at radius 1 is 1.14 bits per heavy atom. The van der Waals surface area contributed by atoms with Crippen LogP contribution in [0.2, 0.25) is 5.02 Å². The summed E-state index contributed by atoms with van der Waals surface area (Å²) in [6, 6.07) is 14.9. The number of aryl methyl sites for hydroxylation is 2. The van der Waals surface area contributed by atoms with Crippen LogP contribution in [0.4, 0.5) is 0 Å². The van der Waals surface area contributed by atoms with Gasteiger partial charge in [0.2, 0.25) is 0 Å². The Labute approximate surface area is 176 Å². The highest BCUT2D eigenvalue weighted by Crippen LogP contribution is 2.25. The third-order valence-corrected chi connectivity index (χ3v) is 5.81. The predicted octanol–water partition coefficient (Wildman–Crippen LogP) is 4.25. The second-order valence-corrected chi connectivity index (χ2v) is 7.84. The van der Waals surface area contributed by atoms with E-state index in [2.05, 4.69) is 4.98 Å². The Balaban J connectivity index is 1.36. The van der Waals surface area contributed by atoms with Crippen molar-refractivity contribution in [2.75, 3.05) is 0 Å². The molecule has 0 bridgehead atoms. The van der Waals surface area contributed by atoms with Gasteiger partial charge in [-0.25, -0.2) is 9.78 Å². The molecule has 2 heterocycles. The molecule has 6 nitrogen and oxygen atoms in total. The van der Waals surface area contributed by atoms with Crippen molar-refractivity contribution in [3.8, 4) is 10.6 Å². The van der Waals surface area contributed by atoms with Crippen molar-refractivity contribution in [1.29, 1.82) is 0 Å². The highest BCUT2D eigenvalue weighted by atomic mass is 35.5. The van der Waals surface area contributed by atoms with Gasteiger partial charge in [-0.2, -0.15) is 0 Å². The van der Waals surface area contributed by atoms with Crippen LogP contribution in [-0.4, -0.2) is 20.1 Å². The smallest absolute Gasteiger partial charge is 0.328 e. The summed E-state index contributed by atoms with van der Waals surface area (Å²) in [5.41, 5.74) is 3.15. The first-order chi connectivity index (χ1) is 14.0. The largest absolute Gasteiger partial charge is 0.459 e. The van der Waals surface area contributed by atoms with Crippen molar-refractivity contribution >= 4 is 39.9 Å². The Morgan fingerprint density at radius 3 is 2.62 bits per heavy atom. The van der Waals surface area contributed by atoms with E-state index in [1.165, 1.54) is 11.3 Å². The third-order valence-electron chi connectivity index (χ3n) is 4.62. The first kappa shape index (κ1) is 19.4. The van der Waals surface area contributed by atoms with Crippen molar-refractivity contribution in [3.05, 3.63) is 75.1 Å². The minimum atomic E-state index is -0.370. The number of carbonyl (C=O) groups excluding carboxylic acids is 1. The second kappa shape index (κ2) is 8.23. The summed E-state index contributed by atoms with van der Waals surface area (Å²) < 4.78 is 8.51. The number of carbonyl (C=O) groups is 1. The Hall–Kier alpha value is -2.90. The molecule has 2 aromatic carbocycles. The maximum absolute atomic E-state index is 12.4. The number of para-hydroxylation sites is 2. The lowest BCUT2D eigenvalue weighted by Crippen LogP contribution is -2.23. The zero-order valence-electron chi connectivity index (χ0n) is 15.7. The van der Waals surface area contributed by atoms with Crippen molar-refractivity contribution in [2.24, 2.45) is 7.05 Å². The van der Waals surface area contributed by atoms with Gasteiger partial charge < -0.3 is 4.74 Å².